The molecule has 3 rings (SSSR count). The van der Waals surface area contributed by atoms with E-state index in [1.165, 1.54) is 25.2 Å². The Labute approximate surface area is 139 Å². The van der Waals surface area contributed by atoms with Crippen molar-refractivity contribution in [1.82, 2.24) is 4.90 Å². The Morgan fingerprint density at radius 1 is 1.17 bits per heavy atom. The van der Waals surface area contributed by atoms with Gasteiger partial charge in [0.25, 0.3) is 5.91 Å². The van der Waals surface area contributed by atoms with E-state index in [1.54, 1.807) is 0 Å². The molecule has 0 aromatic heterocycles. The van der Waals surface area contributed by atoms with Crippen LogP contribution in [0.25, 0.3) is 0 Å². The van der Waals surface area contributed by atoms with E-state index in [-0.39, 0.29) is 29.5 Å². The van der Waals surface area contributed by atoms with E-state index >= 15 is 0 Å². The van der Waals surface area contributed by atoms with Crippen LogP contribution in [0.3, 0.4) is 0 Å². The summed E-state index contributed by atoms with van der Waals surface area (Å²) in [6.07, 6.45) is 2.00. The number of carbonyl (C=O) groups is 2. The monoisotopic (exact) mass is 337 g/mol. The van der Waals surface area contributed by atoms with Crippen LogP contribution in [0, 0.1) is 23.6 Å². The van der Waals surface area contributed by atoms with Crippen molar-refractivity contribution in [2.24, 2.45) is 17.8 Å². The van der Waals surface area contributed by atoms with Crippen LogP contribution in [-0.2, 0) is 4.79 Å². The minimum absolute atomic E-state index is 0.0466. The number of carbonyl (C=O) groups excluding carboxylic acids is 1. The van der Waals surface area contributed by atoms with E-state index in [2.05, 4.69) is 0 Å². The number of aliphatic carboxylic acids is 1. The van der Waals surface area contributed by atoms with Gasteiger partial charge in [0, 0.05) is 19.2 Å². The molecule has 2 atom stereocenters. The van der Waals surface area contributed by atoms with Crippen molar-refractivity contribution in [1.29, 1.82) is 0 Å². The number of benzene rings is 1. The number of rotatable bonds is 5. The lowest BCUT2D eigenvalue weighted by atomic mass is 9.92. The highest BCUT2D eigenvalue weighted by Gasteiger charge is 2.47. The van der Waals surface area contributed by atoms with Crippen molar-refractivity contribution >= 4 is 11.9 Å². The highest BCUT2D eigenvalue weighted by atomic mass is 19.1. The first-order chi connectivity index (χ1) is 11.5. The lowest BCUT2D eigenvalue weighted by Gasteiger charge is -2.18. The van der Waals surface area contributed by atoms with Crippen molar-refractivity contribution in [2.45, 2.75) is 12.8 Å². The molecule has 0 spiro atoms. The fourth-order valence-corrected chi connectivity index (χ4v) is 3.45. The number of hydrogen-bond acceptors (Lipinski definition) is 4. The summed E-state index contributed by atoms with van der Waals surface area (Å²) in [6.45, 7) is 0.470. The third-order valence-electron chi connectivity index (χ3n) is 4.90. The van der Waals surface area contributed by atoms with Gasteiger partial charge in [0.2, 0.25) is 0 Å². The second kappa shape index (κ2) is 6.30. The van der Waals surface area contributed by atoms with E-state index in [0.717, 1.165) is 18.9 Å². The van der Waals surface area contributed by atoms with Crippen LogP contribution in [0.5, 0.6) is 11.5 Å². The molecule has 24 heavy (non-hydrogen) atoms. The lowest BCUT2D eigenvalue weighted by Crippen LogP contribution is -2.30. The van der Waals surface area contributed by atoms with Crippen molar-refractivity contribution in [3.63, 3.8) is 0 Å². The van der Waals surface area contributed by atoms with Gasteiger partial charge in [0.1, 0.15) is 5.82 Å². The average molecular weight is 337 g/mol. The van der Waals surface area contributed by atoms with Gasteiger partial charge in [0.15, 0.2) is 11.5 Å². The molecule has 1 heterocycles. The molecule has 1 aromatic carbocycles. The van der Waals surface area contributed by atoms with Gasteiger partial charge in [-0.2, -0.15) is 0 Å². The van der Waals surface area contributed by atoms with Gasteiger partial charge in [-0.15, -0.1) is 0 Å². The molecule has 0 radical (unpaired) electrons. The third kappa shape index (κ3) is 2.90. The number of likely N-dealkylation sites (tertiary alicyclic amines) is 1. The van der Waals surface area contributed by atoms with E-state index in [4.69, 9.17) is 9.47 Å². The van der Waals surface area contributed by atoms with Crippen molar-refractivity contribution in [2.75, 3.05) is 27.3 Å². The Morgan fingerprint density at radius 3 is 2.33 bits per heavy atom. The number of nitrogens with zero attached hydrogens (tertiary/aromatic N) is 1. The van der Waals surface area contributed by atoms with Gasteiger partial charge in [-0.05, 0) is 30.7 Å². The Bertz CT molecular complexity index is 673. The molecule has 1 aliphatic carbocycles. The molecule has 1 saturated carbocycles. The SMILES string of the molecule is COc1cc(F)c(C(=O)N2C[C@H](C(=O)O)[C@@H](C3CC3)C2)cc1OC. The van der Waals surface area contributed by atoms with Crippen LogP contribution >= 0.6 is 0 Å². The van der Waals surface area contributed by atoms with Crippen LogP contribution in [0.15, 0.2) is 12.1 Å². The minimum Gasteiger partial charge on any atom is -0.493 e. The maximum absolute atomic E-state index is 14.3. The predicted octanol–water partition coefficient (Wildman–Crippen LogP) is 2.03. The first-order valence-corrected chi connectivity index (χ1v) is 7.89. The van der Waals surface area contributed by atoms with Crippen LogP contribution in [0.4, 0.5) is 4.39 Å². The van der Waals surface area contributed by atoms with Crippen molar-refractivity contribution in [3.8, 4) is 11.5 Å². The normalized spacial score (nSPS) is 23.2. The number of halogens is 1. The van der Waals surface area contributed by atoms with E-state index in [0.29, 0.717) is 12.5 Å². The van der Waals surface area contributed by atoms with Gasteiger partial charge < -0.3 is 19.5 Å². The molecule has 1 aromatic rings. The molecule has 6 nitrogen and oxygen atoms in total. The van der Waals surface area contributed by atoms with Crippen molar-refractivity contribution < 1.29 is 28.6 Å². The van der Waals surface area contributed by atoms with Crippen LogP contribution in [0.1, 0.15) is 23.2 Å². The van der Waals surface area contributed by atoms with E-state index in [1.807, 2.05) is 0 Å². The average Bonchev–Trinajstić information content (AvgIpc) is 3.31. The molecule has 2 aliphatic rings. The fourth-order valence-electron chi connectivity index (χ4n) is 3.45. The molecule has 0 bridgehead atoms. The Balaban J connectivity index is 1.85. The van der Waals surface area contributed by atoms with Gasteiger partial charge in [-0.1, -0.05) is 0 Å². The minimum atomic E-state index is -0.894. The molecular formula is C17H20FNO5. The largest absolute Gasteiger partial charge is 0.493 e. The molecular weight excluding hydrogens is 317 g/mol. The summed E-state index contributed by atoms with van der Waals surface area (Å²) in [5, 5.41) is 9.39. The Morgan fingerprint density at radius 2 is 1.79 bits per heavy atom. The van der Waals surface area contributed by atoms with Gasteiger partial charge in [-0.25, -0.2) is 4.39 Å². The Kier molecular flexibility index (Phi) is 4.34. The topological polar surface area (TPSA) is 76.1 Å². The standard InChI is InChI=1S/C17H20FNO5/c1-23-14-5-10(13(18)6-15(14)24-2)16(20)19-7-11(9-3-4-9)12(8-19)17(21)22/h5-6,9,11-12H,3-4,7-8H2,1-2H3,(H,21,22)/t11-,12+/m1/s1. The molecule has 1 saturated heterocycles. The molecule has 7 heteroatoms. The summed E-state index contributed by atoms with van der Waals surface area (Å²) in [7, 11) is 2.79. The highest BCUT2D eigenvalue weighted by molar-refractivity contribution is 5.96. The second-order valence-corrected chi connectivity index (χ2v) is 6.34. The lowest BCUT2D eigenvalue weighted by molar-refractivity contribution is -0.142. The number of carboxylic acid groups (broad SMARTS) is 1. The van der Waals surface area contributed by atoms with Crippen LogP contribution < -0.4 is 9.47 Å². The Hall–Kier alpha value is -2.31. The summed E-state index contributed by atoms with van der Waals surface area (Å²) < 4.78 is 24.4. The quantitative estimate of drug-likeness (QED) is 0.890. The number of hydrogen-bond donors (Lipinski definition) is 1. The zero-order chi connectivity index (χ0) is 17.4. The molecule has 0 unspecified atom stereocenters. The number of carboxylic acids is 1. The highest BCUT2D eigenvalue weighted by Crippen LogP contribution is 2.44. The van der Waals surface area contributed by atoms with Crippen LogP contribution in [0.2, 0.25) is 0 Å². The van der Waals surface area contributed by atoms with Gasteiger partial charge >= 0.3 is 5.97 Å². The molecule has 2 fully saturated rings. The smallest absolute Gasteiger partial charge is 0.308 e. The maximum Gasteiger partial charge on any atom is 0.308 e. The van der Waals surface area contributed by atoms with Crippen molar-refractivity contribution in [3.05, 3.63) is 23.5 Å². The van der Waals surface area contributed by atoms with E-state index < -0.39 is 23.6 Å². The maximum atomic E-state index is 14.3. The molecule has 130 valence electrons. The fraction of sp³-hybridized carbons (Fsp3) is 0.529. The molecule has 1 amide bonds. The summed E-state index contributed by atoms with van der Waals surface area (Å²) in [4.78, 5) is 25.6. The van der Waals surface area contributed by atoms with Crippen LogP contribution in [-0.4, -0.2) is 49.2 Å². The summed E-state index contributed by atoms with van der Waals surface area (Å²) >= 11 is 0. The van der Waals surface area contributed by atoms with Gasteiger partial charge in [0.05, 0.1) is 25.7 Å². The predicted molar refractivity (Wildman–Crippen MR) is 82.7 cm³/mol. The molecule has 1 N–H and O–H groups in total. The zero-order valence-corrected chi connectivity index (χ0v) is 13.6. The summed E-state index contributed by atoms with van der Waals surface area (Å²) in [5.41, 5.74) is -0.131. The third-order valence-corrected chi connectivity index (χ3v) is 4.90. The first-order valence-electron chi connectivity index (χ1n) is 7.89. The van der Waals surface area contributed by atoms with E-state index in [9.17, 15) is 19.1 Å². The number of amides is 1. The first kappa shape index (κ1) is 16.5. The zero-order valence-electron chi connectivity index (χ0n) is 13.6. The second-order valence-electron chi connectivity index (χ2n) is 6.34. The number of methoxy groups -OCH3 is 2. The number of ether oxygens (including phenoxy) is 2. The summed E-state index contributed by atoms with van der Waals surface area (Å²) in [6, 6.07) is 2.41. The molecule has 1 aliphatic heterocycles. The van der Waals surface area contributed by atoms with Gasteiger partial charge in [-0.3, -0.25) is 9.59 Å². The summed E-state index contributed by atoms with van der Waals surface area (Å²) in [5.74, 6) is -1.92.